The minimum absolute atomic E-state index is 0.133. The first-order valence-corrected chi connectivity index (χ1v) is 5.25. The Balaban J connectivity index is 2.94. The third-order valence-electron chi connectivity index (χ3n) is 2.26. The third-order valence-corrected chi connectivity index (χ3v) is 2.80. The lowest BCUT2D eigenvalue weighted by molar-refractivity contribution is 0.191. The molecule has 0 saturated heterocycles. The Morgan fingerprint density at radius 1 is 1.27 bits per heavy atom. The standard InChI is InChI=1S/C10H13Cl2NO2/c1-13(8(5-14)6-15)10-3-2-7(11)4-9(10)12/h2-4,8,14-15H,5-6H2,1H3. The van der Waals surface area contributed by atoms with E-state index in [9.17, 15) is 0 Å². The molecule has 0 aromatic heterocycles. The number of hydrogen-bond acceptors (Lipinski definition) is 3. The first-order chi connectivity index (χ1) is 7.10. The molecule has 0 aliphatic carbocycles. The van der Waals surface area contributed by atoms with Crippen LogP contribution in [-0.2, 0) is 0 Å². The minimum Gasteiger partial charge on any atom is -0.394 e. The molecular formula is C10H13Cl2NO2. The number of anilines is 1. The van der Waals surface area contributed by atoms with Gasteiger partial charge >= 0.3 is 0 Å². The Hall–Kier alpha value is -0.480. The van der Waals surface area contributed by atoms with Gasteiger partial charge in [0.25, 0.3) is 0 Å². The van der Waals surface area contributed by atoms with Gasteiger partial charge in [-0.3, -0.25) is 0 Å². The summed E-state index contributed by atoms with van der Waals surface area (Å²) < 4.78 is 0. The molecule has 2 N–H and O–H groups in total. The molecular weight excluding hydrogens is 237 g/mol. The predicted molar refractivity (Wildman–Crippen MR) is 62.8 cm³/mol. The van der Waals surface area contributed by atoms with Gasteiger partial charge < -0.3 is 15.1 Å². The molecule has 0 bridgehead atoms. The van der Waals surface area contributed by atoms with Crippen LogP contribution in [0.4, 0.5) is 5.69 Å². The van der Waals surface area contributed by atoms with Gasteiger partial charge in [0.2, 0.25) is 0 Å². The highest BCUT2D eigenvalue weighted by molar-refractivity contribution is 6.36. The molecule has 15 heavy (non-hydrogen) atoms. The Kier molecular flexibility index (Phi) is 4.67. The van der Waals surface area contributed by atoms with Gasteiger partial charge in [0.15, 0.2) is 0 Å². The summed E-state index contributed by atoms with van der Waals surface area (Å²) in [5.41, 5.74) is 0.731. The predicted octanol–water partition coefficient (Wildman–Crippen LogP) is 1.78. The van der Waals surface area contributed by atoms with Crippen molar-refractivity contribution in [2.45, 2.75) is 6.04 Å². The number of rotatable bonds is 4. The molecule has 0 aliphatic rings. The fourth-order valence-corrected chi connectivity index (χ4v) is 1.81. The van der Waals surface area contributed by atoms with Crippen LogP contribution < -0.4 is 4.90 Å². The second-order valence-corrected chi connectivity index (χ2v) is 4.07. The highest BCUT2D eigenvalue weighted by Gasteiger charge is 2.15. The fourth-order valence-electron chi connectivity index (χ4n) is 1.27. The van der Waals surface area contributed by atoms with Gasteiger partial charge in [-0.1, -0.05) is 23.2 Å². The quantitative estimate of drug-likeness (QED) is 0.856. The zero-order valence-electron chi connectivity index (χ0n) is 8.32. The second-order valence-electron chi connectivity index (χ2n) is 3.23. The minimum atomic E-state index is -0.358. The summed E-state index contributed by atoms with van der Waals surface area (Å²) in [7, 11) is 1.76. The van der Waals surface area contributed by atoms with Crippen molar-refractivity contribution in [3.8, 4) is 0 Å². The van der Waals surface area contributed by atoms with Crippen LogP contribution in [0, 0.1) is 0 Å². The molecule has 0 atom stereocenters. The van der Waals surface area contributed by atoms with E-state index in [1.165, 1.54) is 0 Å². The fraction of sp³-hybridized carbons (Fsp3) is 0.400. The first-order valence-electron chi connectivity index (χ1n) is 4.49. The van der Waals surface area contributed by atoms with Gasteiger partial charge in [-0.2, -0.15) is 0 Å². The lowest BCUT2D eigenvalue weighted by atomic mass is 10.2. The van der Waals surface area contributed by atoms with Gasteiger partial charge in [-0.15, -0.1) is 0 Å². The molecule has 0 heterocycles. The molecule has 1 aromatic rings. The van der Waals surface area contributed by atoms with Gasteiger partial charge in [0, 0.05) is 12.1 Å². The van der Waals surface area contributed by atoms with E-state index >= 15 is 0 Å². The molecule has 0 spiro atoms. The number of benzene rings is 1. The molecule has 0 saturated carbocycles. The summed E-state index contributed by atoms with van der Waals surface area (Å²) in [5.74, 6) is 0. The summed E-state index contributed by atoms with van der Waals surface area (Å²) in [5, 5.41) is 19.1. The van der Waals surface area contributed by atoms with E-state index < -0.39 is 0 Å². The van der Waals surface area contributed by atoms with Crippen molar-refractivity contribution < 1.29 is 10.2 Å². The Bertz CT molecular complexity index is 329. The molecule has 3 nitrogen and oxygen atoms in total. The molecule has 0 unspecified atom stereocenters. The van der Waals surface area contributed by atoms with Crippen LogP contribution >= 0.6 is 23.2 Å². The topological polar surface area (TPSA) is 43.7 Å². The summed E-state index contributed by atoms with van der Waals surface area (Å²) in [6.45, 7) is -0.266. The largest absolute Gasteiger partial charge is 0.394 e. The summed E-state index contributed by atoms with van der Waals surface area (Å²) in [6.07, 6.45) is 0. The number of likely N-dealkylation sites (N-methyl/N-ethyl adjacent to an activating group) is 1. The van der Waals surface area contributed by atoms with Crippen LogP contribution in [0.5, 0.6) is 0 Å². The average Bonchev–Trinajstić information content (AvgIpc) is 2.19. The average molecular weight is 250 g/mol. The van der Waals surface area contributed by atoms with Crippen LogP contribution in [0.3, 0.4) is 0 Å². The molecule has 0 aliphatic heterocycles. The number of halogens is 2. The van der Waals surface area contributed by atoms with Gasteiger partial charge in [0.05, 0.1) is 30.0 Å². The van der Waals surface area contributed by atoms with Crippen LogP contribution in [0.1, 0.15) is 0 Å². The van der Waals surface area contributed by atoms with Crippen LogP contribution in [0.2, 0.25) is 10.0 Å². The summed E-state index contributed by atoms with van der Waals surface area (Å²) >= 11 is 11.8. The van der Waals surface area contributed by atoms with Crippen molar-refractivity contribution in [1.82, 2.24) is 0 Å². The van der Waals surface area contributed by atoms with Crippen molar-refractivity contribution in [2.24, 2.45) is 0 Å². The lowest BCUT2D eigenvalue weighted by Gasteiger charge is -2.27. The molecule has 0 fully saturated rings. The SMILES string of the molecule is CN(c1ccc(Cl)cc1Cl)C(CO)CO. The van der Waals surface area contributed by atoms with E-state index in [0.717, 1.165) is 5.69 Å². The molecule has 0 amide bonds. The molecule has 0 radical (unpaired) electrons. The van der Waals surface area contributed by atoms with Gasteiger partial charge in [0.1, 0.15) is 0 Å². The summed E-state index contributed by atoms with van der Waals surface area (Å²) in [6, 6.07) is 4.73. The van der Waals surface area contributed by atoms with Crippen molar-refractivity contribution in [1.29, 1.82) is 0 Å². The van der Waals surface area contributed by atoms with Crippen LogP contribution in [0.25, 0.3) is 0 Å². The van der Waals surface area contributed by atoms with E-state index in [1.807, 2.05) is 0 Å². The molecule has 1 aromatic carbocycles. The number of hydrogen-bond donors (Lipinski definition) is 2. The molecule has 84 valence electrons. The van der Waals surface area contributed by atoms with E-state index in [0.29, 0.717) is 10.0 Å². The van der Waals surface area contributed by atoms with Crippen molar-refractivity contribution in [3.63, 3.8) is 0 Å². The van der Waals surface area contributed by atoms with Crippen molar-refractivity contribution in [2.75, 3.05) is 25.2 Å². The first kappa shape index (κ1) is 12.6. The number of nitrogens with zero attached hydrogens (tertiary/aromatic N) is 1. The van der Waals surface area contributed by atoms with E-state index in [-0.39, 0.29) is 19.3 Å². The second kappa shape index (κ2) is 5.56. The Morgan fingerprint density at radius 2 is 1.87 bits per heavy atom. The monoisotopic (exact) mass is 249 g/mol. The van der Waals surface area contributed by atoms with Gasteiger partial charge in [-0.05, 0) is 18.2 Å². The maximum atomic E-state index is 9.03. The van der Waals surface area contributed by atoms with Crippen molar-refractivity contribution in [3.05, 3.63) is 28.2 Å². The number of aliphatic hydroxyl groups excluding tert-OH is 2. The third kappa shape index (κ3) is 2.98. The smallest absolute Gasteiger partial charge is 0.0749 e. The maximum absolute atomic E-state index is 9.03. The molecule has 1 rings (SSSR count). The van der Waals surface area contributed by atoms with E-state index in [2.05, 4.69) is 0 Å². The highest BCUT2D eigenvalue weighted by atomic mass is 35.5. The molecule has 5 heteroatoms. The van der Waals surface area contributed by atoms with E-state index in [1.54, 1.807) is 30.1 Å². The normalized spacial score (nSPS) is 10.8. The lowest BCUT2D eigenvalue weighted by Crippen LogP contribution is -2.37. The Morgan fingerprint density at radius 3 is 2.33 bits per heavy atom. The number of aliphatic hydroxyl groups is 2. The van der Waals surface area contributed by atoms with Crippen LogP contribution in [-0.4, -0.2) is 36.5 Å². The van der Waals surface area contributed by atoms with Crippen molar-refractivity contribution >= 4 is 28.9 Å². The van der Waals surface area contributed by atoms with E-state index in [4.69, 9.17) is 33.4 Å². The van der Waals surface area contributed by atoms with Gasteiger partial charge in [-0.25, -0.2) is 0 Å². The zero-order chi connectivity index (χ0) is 11.4. The highest BCUT2D eigenvalue weighted by Crippen LogP contribution is 2.28. The zero-order valence-corrected chi connectivity index (χ0v) is 9.83. The maximum Gasteiger partial charge on any atom is 0.0749 e. The summed E-state index contributed by atoms with van der Waals surface area (Å²) in [4.78, 5) is 1.72. The Labute approximate surface area is 98.8 Å². The van der Waals surface area contributed by atoms with Crippen LogP contribution in [0.15, 0.2) is 18.2 Å².